The van der Waals surface area contributed by atoms with Crippen LogP contribution >= 0.6 is 0 Å². The topological polar surface area (TPSA) is 37.3 Å². The van der Waals surface area contributed by atoms with Crippen LogP contribution in [0.25, 0.3) is 0 Å². The number of carboxylic acids is 1. The van der Waals surface area contributed by atoms with Crippen LogP contribution < -0.4 is 0 Å². The van der Waals surface area contributed by atoms with Crippen LogP contribution in [0.2, 0.25) is 0 Å². The van der Waals surface area contributed by atoms with Crippen molar-refractivity contribution in [1.82, 2.24) is 0 Å². The van der Waals surface area contributed by atoms with Gasteiger partial charge in [-0.2, -0.15) is 0 Å². The van der Waals surface area contributed by atoms with Gasteiger partial charge in [-0.3, -0.25) is 4.79 Å². The molecule has 0 heterocycles. The van der Waals surface area contributed by atoms with Gasteiger partial charge in [0, 0.05) is 0 Å². The second-order valence-corrected chi connectivity index (χ2v) is 3.53. The molecule has 0 aliphatic rings. The average molecular weight is 182 g/mol. The summed E-state index contributed by atoms with van der Waals surface area (Å²) >= 11 is 0. The smallest absolute Gasteiger partial charge is 0.310 e. The van der Waals surface area contributed by atoms with Crippen molar-refractivity contribution in [2.75, 3.05) is 0 Å². The Balaban J connectivity index is 4.05. The van der Waals surface area contributed by atoms with Gasteiger partial charge in [0.25, 0.3) is 0 Å². The molecule has 2 atom stereocenters. The molecule has 0 rings (SSSR count). The summed E-state index contributed by atoms with van der Waals surface area (Å²) < 4.78 is 0. The van der Waals surface area contributed by atoms with Gasteiger partial charge in [-0.25, -0.2) is 0 Å². The van der Waals surface area contributed by atoms with Crippen LogP contribution in [0.4, 0.5) is 0 Å². The summed E-state index contributed by atoms with van der Waals surface area (Å²) in [7, 11) is 0. The summed E-state index contributed by atoms with van der Waals surface area (Å²) in [6.45, 7) is 11.1. The lowest BCUT2D eigenvalue weighted by molar-refractivity contribution is -0.140. The van der Waals surface area contributed by atoms with E-state index in [0.717, 1.165) is 12.0 Å². The lowest BCUT2D eigenvalue weighted by Crippen LogP contribution is -2.15. The quantitative estimate of drug-likeness (QED) is 0.641. The van der Waals surface area contributed by atoms with Gasteiger partial charge < -0.3 is 5.11 Å². The second-order valence-electron chi connectivity index (χ2n) is 3.53. The molecule has 0 aliphatic heterocycles. The molecule has 0 aromatic heterocycles. The zero-order valence-corrected chi connectivity index (χ0v) is 8.42. The molecule has 0 saturated heterocycles. The summed E-state index contributed by atoms with van der Waals surface area (Å²) in [5.41, 5.74) is 0.726. The van der Waals surface area contributed by atoms with Crippen LogP contribution in [0.3, 0.4) is 0 Å². The Bertz CT molecular complexity index is 192. The fourth-order valence-electron chi connectivity index (χ4n) is 1.13. The Morgan fingerprint density at radius 2 is 2.08 bits per heavy atom. The van der Waals surface area contributed by atoms with Gasteiger partial charge in [0.15, 0.2) is 0 Å². The van der Waals surface area contributed by atoms with Crippen molar-refractivity contribution in [3.8, 4) is 0 Å². The number of carbonyl (C=O) groups is 1. The largest absolute Gasteiger partial charge is 0.481 e. The summed E-state index contributed by atoms with van der Waals surface area (Å²) in [6.07, 6.45) is 3.35. The molecule has 13 heavy (non-hydrogen) atoms. The Morgan fingerprint density at radius 3 is 2.38 bits per heavy atom. The SMILES string of the molecule is C=CC(C)CCC(C(=C)C)C(=O)O. The summed E-state index contributed by atoms with van der Waals surface area (Å²) in [4.78, 5) is 10.8. The third-order valence-electron chi connectivity index (χ3n) is 2.21. The first kappa shape index (κ1) is 11.9. The molecule has 2 unspecified atom stereocenters. The maximum atomic E-state index is 10.8. The summed E-state index contributed by atoms with van der Waals surface area (Å²) in [6, 6.07) is 0. The lowest BCUT2D eigenvalue weighted by Gasteiger charge is -2.13. The molecule has 0 aromatic rings. The maximum absolute atomic E-state index is 10.8. The van der Waals surface area contributed by atoms with Crippen molar-refractivity contribution >= 4 is 5.97 Å². The highest BCUT2D eigenvalue weighted by Gasteiger charge is 2.17. The molecule has 0 radical (unpaired) electrons. The van der Waals surface area contributed by atoms with Crippen LogP contribution in [0, 0.1) is 11.8 Å². The van der Waals surface area contributed by atoms with Crippen molar-refractivity contribution < 1.29 is 9.90 Å². The minimum Gasteiger partial charge on any atom is -0.481 e. The van der Waals surface area contributed by atoms with Crippen LogP contribution in [0.15, 0.2) is 24.8 Å². The monoisotopic (exact) mass is 182 g/mol. The minimum absolute atomic E-state index is 0.376. The van der Waals surface area contributed by atoms with Gasteiger partial charge in [0.2, 0.25) is 0 Å². The predicted molar refractivity (Wildman–Crippen MR) is 54.5 cm³/mol. The normalized spacial score (nSPS) is 14.6. The molecule has 2 nitrogen and oxygen atoms in total. The number of aliphatic carboxylic acids is 1. The van der Waals surface area contributed by atoms with Crippen molar-refractivity contribution in [2.45, 2.75) is 26.7 Å². The lowest BCUT2D eigenvalue weighted by atomic mass is 9.92. The maximum Gasteiger partial charge on any atom is 0.310 e. The van der Waals surface area contributed by atoms with E-state index in [1.807, 2.05) is 13.0 Å². The van der Waals surface area contributed by atoms with Crippen LogP contribution in [0.5, 0.6) is 0 Å². The first-order valence-electron chi connectivity index (χ1n) is 4.49. The number of hydrogen-bond acceptors (Lipinski definition) is 1. The number of hydrogen-bond donors (Lipinski definition) is 1. The third-order valence-corrected chi connectivity index (χ3v) is 2.21. The molecule has 0 spiro atoms. The zero-order valence-electron chi connectivity index (χ0n) is 8.42. The third kappa shape index (κ3) is 4.51. The predicted octanol–water partition coefficient (Wildman–Crippen LogP) is 2.87. The summed E-state index contributed by atoms with van der Waals surface area (Å²) in [5.74, 6) is -0.799. The highest BCUT2D eigenvalue weighted by molar-refractivity contribution is 5.73. The van der Waals surface area contributed by atoms with Gasteiger partial charge in [0.1, 0.15) is 0 Å². The molecular formula is C11H18O2. The Hall–Kier alpha value is -1.05. The first-order chi connectivity index (χ1) is 5.99. The van der Waals surface area contributed by atoms with Gasteiger partial charge in [-0.1, -0.05) is 25.2 Å². The average Bonchev–Trinajstić information content (AvgIpc) is 2.03. The van der Waals surface area contributed by atoms with E-state index in [-0.39, 0.29) is 0 Å². The number of rotatable bonds is 6. The molecule has 0 bridgehead atoms. The molecular weight excluding hydrogens is 164 g/mol. The van der Waals surface area contributed by atoms with E-state index in [2.05, 4.69) is 13.2 Å². The Morgan fingerprint density at radius 1 is 1.54 bits per heavy atom. The Kier molecular flexibility index (Phi) is 5.12. The van der Waals surface area contributed by atoms with Crippen LogP contribution in [0.1, 0.15) is 26.7 Å². The highest BCUT2D eigenvalue weighted by Crippen LogP contribution is 2.19. The molecule has 0 aromatic carbocycles. The van der Waals surface area contributed by atoms with Crippen molar-refractivity contribution in [3.63, 3.8) is 0 Å². The molecule has 1 N–H and O–H groups in total. The zero-order chi connectivity index (χ0) is 10.4. The van der Waals surface area contributed by atoms with Crippen molar-refractivity contribution in [1.29, 1.82) is 0 Å². The van der Waals surface area contributed by atoms with Crippen molar-refractivity contribution in [2.24, 2.45) is 11.8 Å². The van der Waals surface area contributed by atoms with E-state index >= 15 is 0 Å². The van der Waals surface area contributed by atoms with E-state index in [1.54, 1.807) is 6.92 Å². The highest BCUT2D eigenvalue weighted by atomic mass is 16.4. The van der Waals surface area contributed by atoms with Crippen LogP contribution in [-0.4, -0.2) is 11.1 Å². The Labute approximate surface area is 80.0 Å². The molecule has 0 amide bonds. The van der Waals surface area contributed by atoms with E-state index in [0.29, 0.717) is 12.3 Å². The molecule has 74 valence electrons. The van der Waals surface area contributed by atoms with E-state index in [4.69, 9.17) is 5.11 Å². The van der Waals surface area contributed by atoms with Crippen molar-refractivity contribution in [3.05, 3.63) is 24.8 Å². The van der Waals surface area contributed by atoms with E-state index in [1.165, 1.54) is 0 Å². The first-order valence-corrected chi connectivity index (χ1v) is 4.49. The fraction of sp³-hybridized carbons (Fsp3) is 0.545. The number of allylic oxidation sites excluding steroid dienone is 1. The summed E-state index contributed by atoms with van der Waals surface area (Å²) in [5, 5.41) is 8.84. The standard InChI is InChI=1S/C11H18O2/c1-5-9(4)6-7-10(8(2)3)11(12)13/h5,9-10H,1-2,6-7H2,3-4H3,(H,12,13). The molecule has 0 fully saturated rings. The van der Waals surface area contributed by atoms with E-state index < -0.39 is 11.9 Å². The van der Waals surface area contributed by atoms with Gasteiger partial charge >= 0.3 is 5.97 Å². The number of carboxylic acid groups (broad SMARTS) is 1. The minimum atomic E-state index is -0.774. The molecule has 2 heteroatoms. The van der Waals surface area contributed by atoms with Gasteiger partial charge in [-0.15, -0.1) is 6.58 Å². The second kappa shape index (κ2) is 5.57. The van der Waals surface area contributed by atoms with E-state index in [9.17, 15) is 4.79 Å². The molecule has 0 saturated carbocycles. The fourth-order valence-corrected chi connectivity index (χ4v) is 1.13. The van der Waals surface area contributed by atoms with Crippen LogP contribution in [-0.2, 0) is 4.79 Å². The van der Waals surface area contributed by atoms with Gasteiger partial charge in [-0.05, 0) is 25.7 Å². The molecule has 0 aliphatic carbocycles. The van der Waals surface area contributed by atoms with Gasteiger partial charge in [0.05, 0.1) is 5.92 Å².